The van der Waals surface area contributed by atoms with Crippen LogP contribution in [0.5, 0.6) is 0 Å². The smallest absolute Gasteiger partial charge is 0.230 e. The van der Waals surface area contributed by atoms with Gasteiger partial charge in [-0.2, -0.15) is 0 Å². The van der Waals surface area contributed by atoms with E-state index in [1.54, 1.807) is 24.1 Å². The van der Waals surface area contributed by atoms with Crippen LogP contribution in [-0.2, 0) is 16.1 Å². The Morgan fingerprint density at radius 1 is 1.33 bits per heavy atom. The molecule has 1 aliphatic rings. The van der Waals surface area contributed by atoms with Crippen molar-refractivity contribution in [3.05, 3.63) is 35.6 Å². The summed E-state index contributed by atoms with van der Waals surface area (Å²) in [6.45, 7) is 1.95. The lowest BCUT2D eigenvalue weighted by molar-refractivity contribution is -0.146. The Bertz CT molecular complexity index is 461. The third-order valence-corrected chi connectivity index (χ3v) is 3.97. The maximum absolute atomic E-state index is 12.9. The van der Waals surface area contributed by atoms with Gasteiger partial charge in [-0.25, -0.2) is 4.39 Å². The van der Waals surface area contributed by atoms with E-state index in [0.29, 0.717) is 39.1 Å². The van der Waals surface area contributed by atoms with Crippen molar-refractivity contribution in [2.75, 3.05) is 26.8 Å². The molecule has 0 unspecified atom stereocenters. The largest absolute Gasteiger partial charge is 0.381 e. The van der Waals surface area contributed by atoms with Crippen molar-refractivity contribution in [2.45, 2.75) is 19.4 Å². The Balaban J connectivity index is 0.00000220. The van der Waals surface area contributed by atoms with Crippen LogP contribution in [0.15, 0.2) is 24.3 Å². The van der Waals surface area contributed by atoms with Gasteiger partial charge in [0.05, 0.1) is 5.41 Å². The Hall–Kier alpha value is -1.17. The van der Waals surface area contributed by atoms with Gasteiger partial charge in [0, 0.05) is 33.4 Å². The zero-order valence-electron chi connectivity index (χ0n) is 12.2. The molecular formula is C15H22ClFN2O2. The van der Waals surface area contributed by atoms with Crippen LogP contribution in [0.25, 0.3) is 0 Å². The lowest BCUT2D eigenvalue weighted by atomic mass is 9.79. The molecule has 0 radical (unpaired) electrons. The molecule has 0 aromatic heterocycles. The van der Waals surface area contributed by atoms with Gasteiger partial charge in [-0.1, -0.05) is 12.1 Å². The van der Waals surface area contributed by atoms with Crippen LogP contribution in [-0.4, -0.2) is 37.6 Å². The van der Waals surface area contributed by atoms with Crippen LogP contribution in [0, 0.1) is 11.2 Å². The second-order valence-corrected chi connectivity index (χ2v) is 5.38. The minimum Gasteiger partial charge on any atom is -0.381 e. The van der Waals surface area contributed by atoms with Gasteiger partial charge in [0.1, 0.15) is 5.82 Å². The normalized spacial score (nSPS) is 16.9. The fraction of sp³-hybridized carbons (Fsp3) is 0.533. The number of nitrogens with zero attached hydrogens (tertiary/aromatic N) is 1. The fourth-order valence-electron chi connectivity index (χ4n) is 2.61. The number of ether oxygens (including phenoxy) is 1. The maximum atomic E-state index is 12.9. The van der Waals surface area contributed by atoms with Crippen molar-refractivity contribution in [3.8, 4) is 0 Å². The summed E-state index contributed by atoms with van der Waals surface area (Å²) in [6.07, 6.45) is 1.33. The van der Waals surface area contributed by atoms with Crippen molar-refractivity contribution < 1.29 is 13.9 Å². The fourth-order valence-corrected chi connectivity index (χ4v) is 2.61. The quantitative estimate of drug-likeness (QED) is 0.924. The number of halogens is 2. The molecule has 0 aliphatic carbocycles. The standard InChI is InChI=1S/C15H21FN2O2.ClH/c1-18(10-12-2-4-13(16)5-3-12)14(19)15(11-17)6-8-20-9-7-15;/h2-5H,6-11,17H2,1H3;1H. The second-order valence-electron chi connectivity index (χ2n) is 5.38. The van der Waals surface area contributed by atoms with Crippen LogP contribution in [0.1, 0.15) is 18.4 Å². The van der Waals surface area contributed by atoms with Gasteiger partial charge in [0.25, 0.3) is 0 Å². The summed E-state index contributed by atoms with van der Waals surface area (Å²) in [7, 11) is 1.76. The average Bonchev–Trinajstić information content (AvgIpc) is 2.49. The van der Waals surface area contributed by atoms with Gasteiger partial charge in [0.2, 0.25) is 5.91 Å². The minimum absolute atomic E-state index is 0. The zero-order chi connectivity index (χ0) is 14.6. The molecule has 1 saturated heterocycles. The number of rotatable bonds is 4. The SMILES string of the molecule is CN(Cc1ccc(F)cc1)C(=O)C1(CN)CCOCC1.Cl. The highest BCUT2D eigenvalue weighted by Gasteiger charge is 2.40. The van der Waals surface area contributed by atoms with Gasteiger partial charge < -0.3 is 15.4 Å². The minimum atomic E-state index is -0.507. The summed E-state index contributed by atoms with van der Waals surface area (Å²) in [5.41, 5.74) is 6.23. The Labute approximate surface area is 130 Å². The van der Waals surface area contributed by atoms with E-state index in [-0.39, 0.29) is 24.1 Å². The Morgan fingerprint density at radius 2 is 1.90 bits per heavy atom. The first kappa shape index (κ1) is 17.9. The number of benzene rings is 1. The lowest BCUT2D eigenvalue weighted by Gasteiger charge is -2.37. The van der Waals surface area contributed by atoms with E-state index in [1.165, 1.54) is 12.1 Å². The molecule has 0 spiro atoms. The monoisotopic (exact) mass is 316 g/mol. The molecule has 2 rings (SSSR count). The molecule has 118 valence electrons. The van der Waals surface area contributed by atoms with Crippen LogP contribution in [0.2, 0.25) is 0 Å². The van der Waals surface area contributed by atoms with E-state index < -0.39 is 5.41 Å². The summed E-state index contributed by atoms with van der Waals surface area (Å²) in [6, 6.07) is 6.19. The first-order chi connectivity index (χ1) is 9.57. The highest BCUT2D eigenvalue weighted by Crippen LogP contribution is 2.31. The van der Waals surface area contributed by atoms with Crippen molar-refractivity contribution in [1.82, 2.24) is 4.90 Å². The molecule has 1 aromatic rings. The summed E-state index contributed by atoms with van der Waals surface area (Å²) >= 11 is 0. The van der Waals surface area contributed by atoms with E-state index >= 15 is 0 Å². The van der Waals surface area contributed by atoms with E-state index in [4.69, 9.17) is 10.5 Å². The molecule has 21 heavy (non-hydrogen) atoms. The van der Waals surface area contributed by atoms with Gasteiger partial charge in [-0.3, -0.25) is 4.79 Å². The zero-order valence-corrected chi connectivity index (χ0v) is 13.0. The van der Waals surface area contributed by atoms with Crippen LogP contribution in [0.3, 0.4) is 0 Å². The second kappa shape index (κ2) is 7.73. The third-order valence-electron chi connectivity index (χ3n) is 3.97. The first-order valence-electron chi connectivity index (χ1n) is 6.85. The van der Waals surface area contributed by atoms with Crippen LogP contribution < -0.4 is 5.73 Å². The van der Waals surface area contributed by atoms with Crippen molar-refractivity contribution >= 4 is 18.3 Å². The molecule has 6 heteroatoms. The number of amides is 1. The molecular weight excluding hydrogens is 295 g/mol. The predicted molar refractivity (Wildman–Crippen MR) is 81.7 cm³/mol. The highest BCUT2D eigenvalue weighted by molar-refractivity contribution is 5.85. The number of carbonyl (C=O) groups is 1. The molecule has 1 aliphatic heterocycles. The Morgan fingerprint density at radius 3 is 2.43 bits per heavy atom. The molecule has 1 heterocycles. The van der Waals surface area contributed by atoms with Crippen LogP contribution >= 0.6 is 12.4 Å². The third kappa shape index (κ3) is 4.15. The number of carbonyl (C=O) groups excluding carboxylic acids is 1. The summed E-state index contributed by atoms with van der Waals surface area (Å²) in [4.78, 5) is 14.3. The van der Waals surface area contributed by atoms with Gasteiger partial charge in [0.15, 0.2) is 0 Å². The topological polar surface area (TPSA) is 55.6 Å². The molecule has 1 amide bonds. The van der Waals surface area contributed by atoms with Gasteiger partial charge in [-0.05, 0) is 30.5 Å². The predicted octanol–water partition coefficient (Wildman–Crippen LogP) is 1.96. The van der Waals surface area contributed by atoms with E-state index in [9.17, 15) is 9.18 Å². The average molecular weight is 317 g/mol. The summed E-state index contributed by atoms with van der Waals surface area (Å²) in [5, 5.41) is 0. The van der Waals surface area contributed by atoms with Crippen molar-refractivity contribution in [1.29, 1.82) is 0 Å². The first-order valence-corrected chi connectivity index (χ1v) is 6.85. The van der Waals surface area contributed by atoms with Crippen molar-refractivity contribution in [3.63, 3.8) is 0 Å². The van der Waals surface area contributed by atoms with Gasteiger partial charge in [-0.15, -0.1) is 12.4 Å². The molecule has 1 aromatic carbocycles. The molecule has 1 fully saturated rings. The molecule has 0 atom stereocenters. The van der Waals surface area contributed by atoms with Gasteiger partial charge >= 0.3 is 0 Å². The highest BCUT2D eigenvalue weighted by atomic mass is 35.5. The Kier molecular flexibility index (Phi) is 6.58. The summed E-state index contributed by atoms with van der Waals surface area (Å²) in [5.74, 6) is -0.224. The van der Waals surface area contributed by atoms with Crippen molar-refractivity contribution in [2.24, 2.45) is 11.1 Å². The number of nitrogens with two attached hydrogens (primary N) is 1. The summed E-state index contributed by atoms with van der Waals surface area (Å²) < 4.78 is 18.2. The maximum Gasteiger partial charge on any atom is 0.230 e. The molecule has 0 saturated carbocycles. The van der Waals surface area contributed by atoms with E-state index in [2.05, 4.69) is 0 Å². The van der Waals surface area contributed by atoms with E-state index in [0.717, 1.165) is 5.56 Å². The molecule has 0 bridgehead atoms. The number of hydrogen-bond acceptors (Lipinski definition) is 3. The molecule has 4 nitrogen and oxygen atoms in total. The number of hydrogen-bond donors (Lipinski definition) is 1. The van der Waals surface area contributed by atoms with Crippen LogP contribution in [0.4, 0.5) is 4.39 Å². The lowest BCUT2D eigenvalue weighted by Crippen LogP contribution is -2.49. The molecule has 2 N–H and O–H groups in total. The van der Waals surface area contributed by atoms with E-state index in [1.807, 2.05) is 0 Å².